The smallest absolute Gasteiger partial charge is 0.407 e. The third-order valence-corrected chi connectivity index (χ3v) is 5.89. The number of carboxylic acids is 1. The van der Waals surface area contributed by atoms with Gasteiger partial charge in [-0.1, -0.05) is 76.2 Å². The van der Waals surface area contributed by atoms with Crippen LogP contribution in [0.2, 0.25) is 0 Å². The molecule has 2 amide bonds. The Kier molecular flexibility index (Phi) is 7.74. The number of nitrogens with one attached hydrogen (secondary N) is 2. The van der Waals surface area contributed by atoms with Crippen LogP contribution in [0.15, 0.2) is 48.5 Å². The lowest BCUT2D eigenvalue weighted by Crippen LogP contribution is -2.54. The average Bonchev–Trinajstić information content (AvgIpc) is 3.08. The number of hydrogen-bond acceptors (Lipinski definition) is 4. The number of rotatable bonds is 9. The molecule has 0 radical (unpaired) electrons. The SMILES string of the molecule is CC(C)CC(NC(=O)[C@@H](NC(=O)OCC1c2ccccc2-c2ccccc21)C(C)C)C(=O)O. The minimum Gasteiger partial charge on any atom is -0.480 e. The second-order valence-electron chi connectivity index (χ2n) is 9.22. The molecule has 7 nitrogen and oxygen atoms in total. The van der Waals surface area contributed by atoms with Crippen molar-refractivity contribution in [2.24, 2.45) is 11.8 Å². The summed E-state index contributed by atoms with van der Waals surface area (Å²) in [7, 11) is 0. The van der Waals surface area contributed by atoms with Gasteiger partial charge in [-0.15, -0.1) is 0 Å². The van der Waals surface area contributed by atoms with Gasteiger partial charge in [-0.2, -0.15) is 0 Å². The highest BCUT2D eigenvalue weighted by Crippen LogP contribution is 2.44. The molecule has 0 bridgehead atoms. The molecule has 0 spiro atoms. The lowest BCUT2D eigenvalue weighted by molar-refractivity contribution is -0.142. The fourth-order valence-electron chi connectivity index (χ4n) is 4.26. The third-order valence-electron chi connectivity index (χ3n) is 5.89. The van der Waals surface area contributed by atoms with Crippen molar-refractivity contribution < 1.29 is 24.2 Å². The quantitative estimate of drug-likeness (QED) is 0.530. The maximum Gasteiger partial charge on any atom is 0.407 e. The molecule has 0 saturated heterocycles. The van der Waals surface area contributed by atoms with Crippen molar-refractivity contribution in [2.75, 3.05) is 6.61 Å². The van der Waals surface area contributed by atoms with E-state index in [1.807, 2.05) is 50.2 Å². The summed E-state index contributed by atoms with van der Waals surface area (Å²) in [6.07, 6.45) is -0.405. The zero-order chi connectivity index (χ0) is 24.1. The largest absolute Gasteiger partial charge is 0.480 e. The van der Waals surface area contributed by atoms with Crippen molar-refractivity contribution in [3.8, 4) is 11.1 Å². The van der Waals surface area contributed by atoms with Crippen LogP contribution in [0.5, 0.6) is 0 Å². The zero-order valence-corrected chi connectivity index (χ0v) is 19.5. The van der Waals surface area contributed by atoms with E-state index < -0.39 is 30.1 Å². The average molecular weight is 453 g/mol. The van der Waals surface area contributed by atoms with E-state index in [1.165, 1.54) is 0 Å². The van der Waals surface area contributed by atoms with Crippen LogP contribution >= 0.6 is 0 Å². The molecule has 1 aliphatic carbocycles. The van der Waals surface area contributed by atoms with Crippen molar-refractivity contribution >= 4 is 18.0 Å². The molecule has 0 aromatic heterocycles. The number of carbonyl (C=O) groups excluding carboxylic acids is 2. The summed E-state index contributed by atoms with van der Waals surface area (Å²) in [5.41, 5.74) is 4.46. The Morgan fingerprint density at radius 3 is 1.94 bits per heavy atom. The van der Waals surface area contributed by atoms with Gasteiger partial charge in [0.25, 0.3) is 0 Å². The molecule has 1 unspecified atom stereocenters. The van der Waals surface area contributed by atoms with Crippen LogP contribution < -0.4 is 10.6 Å². The summed E-state index contributed by atoms with van der Waals surface area (Å²) >= 11 is 0. The number of amides is 2. The van der Waals surface area contributed by atoms with E-state index in [0.717, 1.165) is 22.3 Å². The van der Waals surface area contributed by atoms with Crippen LogP contribution in [0.3, 0.4) is 0 Å². The molecule has 3 rings (SSSR count). The molecular formula is C26H32N2O5. The molecular weight excluding hydrogens is 420 g/mol. The predicted octanol–water partition coefficient (Wildman–Crippen LogP) is 4.17. The lowest BCUT2D eigenvalue weighted by atomic mass is 9.98. The zero-order valence-electron chi connectivity index (χ0n) is 19.5. The first-order valence-electron chi connectivity index (χ1n) is 11.3. The van der Waals surface area contributed by atoms with E-state index in [1.54, 1.807) is 13.8 Å². The molecule has 0 fully saturated rings. The van der Waals surface area contributed by atoms with Gasteiger partial charge in [0.1, 0.15) is 18.7 Å². The molecule has 7 heteroatoms. The number of carbonyl (C=O) groups is 3. The van der Waals surface area contributed by atoms with Crippen LogP contribution in [0, 0.1) is 11.8 Å². The van der Waals surface area contributed by atoms with E-state index in [2.05, 4.69) is 22.8 Å². The van der Waals surface area contributed by atoms with Gasteiger partial charge in [0.05, 0.1) is 0 Å². The van der Waals surface area contributed by atoms with E-state index in [9.17, 15) is 19.5 Å². The number of fused-ring (bicyclic) bond motifs is 3. The van der Waals surface area contributed by atoms with Crippen LogP contribution in [-0.4, -0.2) is 41.8 Å². The summed E-state index contributed by atoms with van der Waals surface area (Å²) in [5.74, 6) is -1.87. The molecule has 0 saturated carbocycles. The van der Waals surface area contributed by atoms with E-state index in [0.29, 0.717) is 6.42 Å². The van der Waals surface area contributed by atoms with Crippen molar-refractivity contribution in [3.05, 3.63) is 59.7 Å². The molecule has 176 valence electrons. The normalized spacial score (nSPS) is 14.4. The molecule has 0 heterocycles. The Labute approximate surface area is 194 Å². The summed E-state index contributed by atoms with van der Waals surface area (Å²) in [4.78, 5) is 36.9. The van der Waals surface area contributed by atoms with Gasteiger partial charge in [-0.05, 0) is 40.5 Å². The first-order valence-corrected chi connectivity index (χ1v) is 11.3. The molecule has 2 aromatic carbocycles. The summed E-state index contributed by atoms with van der Waals surface area (Å²) in [6.45, 7) is 7.48. The molecule has 3 N–H and O–H groups in total. The van der Waals surface area contributed by atoms with E-state index in [-0.39, 0.29) is 24.4 Å². The maximum atomic E-state index is 12.8. The second kappa shape index (κ2) is 10.5. The summed E-state index contributed by atoms with van der Waals surface area (Å²) in [5, 5.41) is 14.6. The Hall–Kier alpha value is -3.35. The van der Waals surface area contributed by atoms with Crippen LogP contribution in [0.1, 0.15) is 51.2 Å². The molecule has 2 aromatic rings. The van der Waals surface area contributed by atoms with Gasteiger partial charge in [0, 0.05) is 5.92 Å². The van der Waals surface area contributed by atoms with Gasteiger partial charge >= 0.3 is 12.1 Å². The van der Waals surface area contributed by atoms with Crippen molar-refractivity contribution in [1.29, 1.82) is 0 Å². The fourth-order valence-corrected chi connectivity index (χ4v) is 4.26. The molecule has 33 heavy (non-hydrogen) atoms. The number of hydrogen-bond donors (Lipinski definition) is 3. The Morgan fingerprint density at radius 1 is 0.909 bits per heavy atom. The van der Waals surface area contributed by atoms with E-state index >= 15 is 0 Å². The molecule has 0 aliphatic heterocycles. The van der Waals surface area contributed by atoms with Crippen molar-refractivity contribution in [2.45, 2.75) is 52.1 Å². The first-order chi connectivity index (χ1) is 15.7. The fraction of sp³-hybridized carbons (Fsp3) is 0.423. The minimum atomic E-state index is -1.10. The Balaban J connectivity index is 1.65. The number of aliphatic carboxylic acids is 1. The van der Waals surface area contributed by atoms with Gasteiger partial charge < -0.3 is 20.5 Å². The second-order valence-corrected chi connectivity index (χ2v) is 9.22. The monoisotopic (exact) mass is 452 g/mol. The third kappa shape index (κ3) is 5.72. The highest BCUT2D eigenvalue weighted by atomic mass is 16.5. The topological polar surface area (TPSA) is 105 Å². The van der Waals surface area contributed by atoms with Gasteiger partial charge in [-0.25, -0.2) is 9.59 Å². The first kappa shape index (κ1) is 24.3. The standard InChI is InChI=1S/C26H32N2O5/c1-15(2)13-22(25(30)31)27-24(29)23(16(3)4)28-26(32)33-14-21-19-11-7-5-9-17(19)18-10-6-8-12-20(18)21/h5-12,15-16,21-23H,13-14H2,1-4H3,(H,27,29)(H,28,32)(H,30,31)/t22?,23-/m0/s1. The van der Waals surface area contributed by atoms with Crippen LogP contribution in [-0.2, 0) is 14.3 Å². The number of ether oxygens (including phenoxy) is 1. The number of carboxylic acid groups (broad SMARTS) is 1. The minimum absolute atomic E-state index is 0.0862. The Morgan fingerprint density at radius 2 is 1.45 bits per heavy atom. The van der Waals surface area contributed by atoms with Gasteiger partial charge in [-0.3, -0.25) is 4.79 Å². The van der Waals surface area contributed by atoms with Crippen LogP contribution in [0.25, 0.3) is 11.1 Å². The summed E-state index contributed by atoms with van der Waals surface area (Å²) < 4.78 is 5.54. The maximum absolute atomic E-state index is 12.8. The molecule has 2 atom stereocenters. The van der Waals surface area contributed by atoms with Crippen molar-refractivity contribution in [1.82, 2.24) is 10.6 Å². The molecule has 1 aliphatic rings. The van der Waals surface area contributed by atoms with E-state index in [4.69, 9.17) is 4.74 Å². The number of benzene rings is 2. The lowest BCUT2D eigenvalue weighted by Gasteiger charge is -2.24. The predicted molar refractivity (Wildman–Crippen MR) is 126 cm³/mol. The van der Waals surface area contributed by atoms with Gasteiger partial charge in [0.2, 0.25) is 5.91 Å². The Bertz CT molecular complexity index is 972. The van der Waals surface area contributed by atoms with Crippen LogP contribution in [0.4, 0.5) is 4.79 Å². The summed E-state index contributed by atoms with van der Waals surface area (Å²) in [6, 6.07) is 14.2. The van der Waals surface area contributed by atoms with Crippen molar-refractivity contribution in [3.63, 3.8) is 0 Å². The highest BCUT2D eigenvalue weighted by Gasteiger charge is 2.31. The highest BCUT2D eigenvalue weighted by molar-refractivity contribution is 5.89. The van der Waals surface area contributed by atoms with Gasteiger partial charge in [0.15, 0.2) is 0 Å². The number of alkyl carbamates (subject to hydrolysis) is 1.